The number of aromatic nitrogens is 2. The van der Waals surface area contributed by atoms with Crippen LogP contribution in [0.4, 0.5) is 24.7 Å². The molecule has 1 aliphatic heterocycles. The number of hydrogen-bond donors (Lipinski definition) is 4. The lowest BCUT2D eigenvalue weighted by Gasteiger charge is -2.34. The number of hydrogen-bond acceptors (Lipinski definition) is 8. The lowest BCUT2D eigenvalue weighted by Crippen LogP contribution is -2.44. The Morgan fingerprint density at radius 3 is 2.59 bits per heavy atom. The lowest BCUT2D eigenvalue weighted by atomic mass is 10.0. The van der Waals surface area contributed by atoms with E-state index in [0.29, 0.717) is 49.5 Å². The van der Waals surface area contributed by atoms with Crippen LogP contribution in [0.15, 0.2) is 42.6 Å². The van der Waals surface area contributed by atoms with E-state index in [-0.39, 0.29) is 27.0 Å². The average Bonchev–Trinajstić information content (AvgIpc) is 3.22. The summed E-state index contributed by atoms with van der Waals surface area (Å²) < 4.78 is 41.5. The SMILES string of the molecule is Nc1c(C(=O)O)sc2nc(N3CCC(NCC(O)c4cc5ccccc5cn4)CC3)cc(C(F)(F)F)c12. The maximum atomic E-state index is 13.8. The number of nitrogen functional groups attached to an aromatic ring is 1. The quantitative estimate of drug-likeness (QED) is 0.288. The van der Waals surface area contributed by atoms with E-state index in [0.717, 1.165) is 16.8 Å². The number of nitrogens with two attached hydrogens (primary N) is 1. The van der Waals surface area contributed by atoms with E-state index < -0.39 is 29.5 Å². The van der Waals surface area contributed by atoms with Crippen LogP contribution in [0, 0.1) is 0 Å². The summed E-state index contributed by atoms with van der Waals surface area (Å²) in [6, 6.07) is 10.6. The van der Waals surface area contributed by atoms with Crippen molar-refractivity contribution < 1.29 is 28.2 Å². The number of pyridine rings is 2. The molecule has 1 aliphatic rings. The zero-order valence-electron chi connectivity index (χ0n) is 19.5. The highest BCUT2D eigenvalue weighted by Crippen LogP contribution is 2.43. The Hall–Kier alpha value is -3.48. The van der Waals surface area contributed by atoms with Gasteiger partial charge in [0.1, 0.15) is 21.6 Å². The first-order valence-electron chi connectivity index (χ1n) is 11.7. The highest BCUT2D eigenvalue weighted by atomic mass is 32.1. The number of aliphatic hydroxyl groups is 1. The molecule has 0 spiro atoms. The van der Waals surface area contributed by atoms with Gasteiger partial charge in [-0.1, -0.05) is 24.3 Å². The molecule has 37 heavy (non-hydrogen) atoms. The number of benzene rings is 1. The Labute approximate surface area is 213 Å². The predicted molar refractivity (Wildman–Crippen MR) is 136 cm³/mol. The van der Waals surface area contributed by atoms with Crippen LogP contribution < -0.4 is 16.0 Å². The molecule has 0 bridgehead atoms. The molecule has 4 heterocycles. The minimum atomic E-state index is -4.71. The second-order valence-electron chi connectivity index (χ2n) is 9.00. The van der Waals surface area contributed by atoms with Crippen LogP contribution in [0.2, 0.25) is 0 Å². The van der Waals surface area contributed by atoms with Gasteiger partial charge in [-0.25, -0.2) is 9.78 Å². The van der Waals surface area contributed by atoms with Gasteiger partial charge in [-0.05, 0) is 30.4 Å². The summed E-state index contributed by atoms with van der Waals surface area (Å²) in [6.45, 7) is 1.19. The molecule has 8 nitrogen and oxygen atoms in total. The zero-order valence-corrected chi connectivity index (χ0v) is 20.3. The van der Waals surface area contributed by atoms with Gasteiger partial charge in [0.2, 0.25) is 0 Å². The standard InChI is InChI=1S/C25H24F3N5O3S/c26-25(27,28)16-10-19(32-23-20(16)21(29)22(37-23)24(35)36)33-7-5-15(6-8-33)30-12-18(34)17-9-13-3-1-2-4-14(13)11-31-17/h1-4,9-11,15,18,30,34H,5-8,12,29H2,(H,35,36). The monoisotopic (exact) mass is 531 g/mol. The van der Waals surface area contributed by atoms with Gasteiger partial charge < -0.3 is 26.2 Å². The van der Waals surface area contributed by atoms with Gasteiger partial charge in [-0.3, -0.25) is 4.98 Å². The predicted octanol–water partition coefficient (Wildman–Crippen LogP) is 4.44. The van der Waals surface area contributed by atoms with Crippen LogP contribution in [0.1, 0.15) is 39.9 Å². The van der Waals surface area contributed by atoms with E-state index in [9.17, 15) is 28.2 Å². The normalized spacial score (nSPS) is 15.9. The lowest BCUT2D eigenvalue weighted by molar-refractivity contribution is -0.136. The number of nitrogens with zero attached hydrogens (tertiary/aromatic N) is 3. The summed E-state index contributed by atoms with van der Waals surface area (Å²) in [5.74, 6) is -1.25. The molecule has 0 aliphatic carbocycles. The Kier molecular flexibility index (Phi) is 6.65. The molecule has 194 valence electrons. The van der Waals surface area contributed by atoms with E-state index in [4.69, 9.17) is 5.73 Å². The molecule has 4 aromatic rings. The van der Waals surface area contributed by atoms with E-state index in [1.54, 1.807) is 11.1 Å². The molecule has 1 unspecified atom stereocenters. The molecule has 3 aromatic heterocycles. The second kappa shape index (κ2) is 9.77. The molecule has 1 fully saturated rings. The molecule has 0 saturated carbocycles. The molecule has 0 radical (unpaired) electrons. The van der Waals surface area contributed by atoms with Crippen molar-refractivity contribution >= 4 is 49.8 Å². The fourth-order valence-electron chi connectivity index (χ4n) is 4.63. The number of nitrogens with one attached hydrogen (secondary N) is 1. The molecular weight excluding hydrogens is 507 g/mol. The summed E-state index contributed by atoms with van der Waals surface area (Å²) in [7, 11) is 0. The number of aromatic carboxylic acids is 1. The Morgan fingerprint density at radius 1 is 1.22 bits per heavy atom. The van der Waals surface area contributed by atoms with Gasteiger partial charge in [0, 0.05) is 42.6 Å². The number of carbonyl (C=O) groups is 1. The van der Waals surface area contributed by atoms with E-state index >= 15 is 0 Å². The van der Waals surface area contributed by atoms with E-state index in [2.05, 4.69) is 15.3 Å². The number of carboxylic acids is 1. The third-order valence-corrected chi connectivity index (χ3v) is 7.68. The summed E-state index contributed by atoms with van der Waals surface area (Å²) >= 11 is 0.642. The van der Waals surface area contributed by atoms with Crippen molar-refractivity contribution in [2.45, 2.75) is 31.2 Å². The molecule has 5 rings (SSSR count). The molecule has 5 N–H and O–H groups in total. The van der Waals surface area contributed by atoms with Crippen LogP contribution in [0.5, 0.6) is 0 Å². The van der Waals surface area contributed by atoms with Crippen molar-refractivity contribution in [3.05, 3.63) is 58.7 Å². The van der Waals surface area contributed by atoms with Crippen LogP contribution in [0.25, 0.3) is 21.0 Å². The van der Waals surface area contributed by atoms with Gasteiger partial charge in [0.05, 0.1) is 16.9 Å². The summed E-state index contributed by atoms with van der Waals surface area (Å²) in [6.07, 6.45) is -2.52. The number of carboxylic acid groups (broad SMARTS) is 1. The first kappa shape index (κ1) is 25.2. The van der Waals surface area contributed by atoms with Gasteiger partial charge in [0.15, 0.2) is 0 Å². The number of halogens is 3. The van der Waals surface area contributed by atoms with Gasteiger partial charge in [-0.2, -0.15) is 13.2 Å². The zero-order chi connectivity index (χ0) is 26.3. The Morgan fingerprint density at radius 2 is 1.92 bits per heavy atom. The van der Waals surface area contributed by atoms with Gasteiger partial charge in [-0.15, -0.1) is 11.3 Å². The third kappa shape index (κ3) is 5.04. The summed E-state index contributed by atoms with van der Waals surface area (Å²) in [5, 5.41) is 24.9. The minimum Gasteiger partial charge on any atom is -0.477 e. The van der Waals surface area contributed by atoms with Crippen molar-refractivity contribution in [1.82, 2.24) is 15.3 Å². The smallest absolute Gasteiger partial charge is 0.417 e. The maximum absolute atomic E-state index is 13.8. The molecule has 1 atom stereocenters. The highest BCUT2D eigenvalue weighted by Gasteiger charge is 2.37. The van der Waals surface area contributed by atoms with Gasteiger partial charge in [0.25, 0.3) is 0 Å². The van der Waals surface area contributed by atoms with E-state index in [1.165, 1.54) is 0 Å². The number of anilines is 2. The number of alkyl halides is 3. The first-order chi connectivity index (χ1) is 17.6. The van der Waals surface area contributed by atoms with Crippen LogP contribution in [-0.4, -0.2) is 51.8 Å². The molecule has 0 amide bonds. The molecule has 12 heteroatoms. The van der Waals surface area contributed by atoms with Crippen molar-refractivity contribution in [3.63, 3.8) is 0 Å². The number of rotatable bonds is 6. The fraction of sp³-hybridized carbons (Fsp3) is 0.320. The topological polar surface area (TPSA) is 125 Å². The third-order valence-electron chi connectivity index (χ3n) is 6.60. The van der Waals surface area contributed by atoms with Crippen molar-refractivity contribution in [2.24, 2.45) is 0 Å². The maximum Gasteiger partial charge on any atom is 0.417 e. The largest absolute Gasteiger partial charge is 0.477 e. The summed E-state index contributed by atoms with van der Waals surface area (Å²) in [4.78, 5) is 21.4. The number of fused-ring (bicyclic) bond motifs is 2. The second-order valence-corrected chi connectivity index (χ2v) is 10.00. The Balaban J connectivity index is 1.26. The van der Waals surface area contributed by atoms with Crippen LogP contribution in [-0.2, 0) is 6.18 Å². The van der Waals surface area contributed by atoms with Crippen molar-refractivity contribution in [1.29, 1.82) is 0 Å². The average molecular weight is 532 g/mol. The van der Waals surface area contributed by atoms with Crippen LogP contribution in [0.3, 0.4) is 0 Å². The van der Waals surface area contributed by atoms with Gasteiger partial charge >= 0.3 is 12.1 Å². The molecule has 1 aromatic carbocycles. The number of aliphatic hydroxyl groups excluding tert-OH is 1. The number of piperidine rings is 1. The highest BCUT2D eigenvalue weighted by molar-refractivity contribution is 7.21. The van der Waals surface area contributed by atoms with Crippen molar-refractivity contribution in [3.8, 4) is 0 Å². The number of thiophene rings is 1. The minimum absolute atomic E-state index is 0.0500. The fourth-order valence-corrected chi connectivity index (χ4v) is 5.58. The van der Waals surface area contributed by atoms with Crippen molar-refractivity contribution in [2.75, 3.05) is 30.3 Å². The molecule has 1 saturated heterocycles. The Bertz CT molecular complexity index is 1470. The first-order valence-corrected chi connectivity index (χ1v) is 12.5. The molecular formula is C25H24F3N5O3S. The van der Waals surface area contributed by atoms with Crippen LogP contribution >= 0.6 is 11.3 Å². The van der Waals surface area contributed by atoms with E-state index in [1.807, 2.05) is 30.3 Å². The summed E-state index contributed by atoms with van der Waals surface area (Å²) in [5.41, 5.74) is 4.92.